The first-order valence-corrected chi connectivity index (χ1v) is 14.1. The van der Waals surface area contributed by atoms with E-state index in [2.05, 4.69) is 13.8 Å². The van der Waals surface area contributed by atoms with Gasteiger partial charge in [0, 0.05) is 0 Å². The third-order valence-electron chi connectivity index (χ3n) is 6.19. The van der Waals surface area contributed by atoms with Crippen LogP contribution in [0.2, 0.25) is 0 Å². The van der Waals surface area contributed by atoms with Crippen molar-refractivity contribution in [1.82, 2.24) is 0 Å². The summed E-state index contributed by atoms with van der Waals surface area (Å²) in [6, 6.07) is 0. The van der Waals surface area contributed by atoms with Gasteiger partial charge in [-0.25, -0.2) is 4.79 Å². The van der Waals surface area contributed by atoms with Crippen molar-refractivity contribution < 1.29 is 14.3 Å². The minimum Gasteiger partial charge on any atom is -0.434 e. The van der Waals surface area contributed by atoms with E-state index < -0.39 is 6.16 Å². The lowest BCUT2D eigenvalue weighted by molar-refractivity contribution is 0.0529. The minimum absolute atomic E-state index is 0.478. The molecule has 0 saturated heterocycles. The molecule has 0 aromatic carbocycles. The molecule has 0 aliphatic rings. The minimum atomic E-state index is -0.478. The fraction of sp³-hybridized carbons (Fsp3) is 0.964. The number of hydrogen-bond donors (Lipinski definition) is 0. The molecule has 0 spiro atoms. The van der Waals surface area contributed by atoms with E-state index in [1.165, 1.54) is 122 Å². The van der Waals surface area contributed by atoms with E-state index in [9.17, 15) is 4.79 Å². The molecule has 31 heavy (non-hydrogen) atoms. The molecule has 186 valence electrons. The van der Waals surface area contributed by atoms with E-state index in [-0.39, 0.29) is 0 Å². The zero-order valence-electron chi connectivity index (χ0n) is 21.4. The fourth-order valence-corrected chi connectivity index (χ4v) is 4.06. The maximum absolute atomic E-state index is 11.6. The average Bonchev–Trinajstić information content (AvgIpc) is 2.77. The van der Waals surface area contributed by atoms with Crippen LogP contribution in [0.3, 0.4) is 0 Å². The molecule has 0 aromatic heterocycles. The molecule has 0 unspecified atom stereocenters. The van der Waals surface area contributed by atoms with Crippen LogP contribution in [-0.4, -0.2) is 19.4 Å². The topological polar surface area (TPSA) is 35.5 Å². The van der Waals surface area contributed by atoms with Crippen LogP contribution >= 0.6 is 0 Å². The van der Waals surface area contributed by atoms with E-state index >= 15 is 0 Å². The molecule has 0 saturated carbocycles. The largest absolute Gasteiger partial charge is 0.508 e. The van der Waals surface area contributed by atoms with Gasteiger partial charge in [-0.05, 0) is 12.8 Å². The molecule has 0 N–H and O–H groups in total. The third kappa shape index (κ3) is 27.2. The predicted octanol–water partition coefficient (Wildman–Crippen LogP) is 10.2. The highest BCUT2D eigenvalue weighted by molar-refractivity contribution is 5.59. The average molecular weight is 441 g/mol. The molecule has 3 heteroatoms. The second kappa shape index (κ2) is 27.3. The fourth-order valence-electron chi connectivity index (χ4n) is 4.06. The first-order chi connectivity index (χ1) is 15.3. The van der Waals surface area contributed by atoms with Crippen molar-refractivity contribution in [2.45, 2.75) is 162 Å². The summed E-state index contributed by atoms with van der Waals surface area (Å²) in [6.07, 6.45) is 29.7. The quantitative estimate of drug-likeness (QED) is 0.105. The van der Waals surface area contributed by atoms with Gasteiger partial charge in [0.05, 0.1) is 13.2 Å². The lowest BCUT2D eigenvalue weighted by atomic mass is 10.0. The van der Waals surface area contributed by atoms with Crippen molar-refractivity contribution in [2.75, 3.05) is 13.2 Å². The molecule has 0 radical (unpaired) electrons. The van der Waals surface area contributed by atoms with Crippen molar-refractivity contribution in [3.8, 4) is 0 Å². The van der Waals surface area contributed by atoms with E-state index in [0.717, 1.165) is 25.7 Å². The van der Waals surface area contributed by atoms with Crippen LogP contribution in [0.25, 0.3) is 0 Å². The molecule has 0 rings (SSSR count). The highest BCUT2D eigenvalue weighted by Gasteiger charge is 2.03. The summed E-state index contributed by atoms with van der Waals surface area (Å²) in [4.78, 5) is 11.6. The van der Waals surface area contributed by atoms with Crippen molar-refractivity contribution in [3.05, 3.63) is 0 Å². The Hall–Kier alpha value is -0.730. The van der Waals surface area contributed by atoms with Gasteiger partial charge in [0.1, 0.15) is 0 Å². The molecular weight excluding hydrogens is 384 g/mol. The van der Waals surface area contributed by atoms with E-state index in [4.69, 9.17) is 9.47 Å². The Bertz CT molecular complexity index is 343. The first-order valence-electron chi connectivity index (χ1n) is 14.1. The summed E-state index contributed by atoms with van der Waals surface area (Å²) in [5, 5.41) is 0. The standard InChI is InChI=1S/C28H56O3/c1-3-5-7-9-11-13-14-15-16-17-19-21-23-25-27-31-28(29)30-26-24-22-20-18-12-10-8-6-4-2/h3-27H2,1-2H3. The summed E-state index contributed by atoms with van der Waals surface area (Å²) >= 11 is 0. The van der Waals surface area contributed by atoms with Crippen molar-refractivity contribution >= 4 is 6.16 Å². The van der Waals surface area contributed by atoms with Crippen LogP contribution in [0, 0.1) is 0 Å². The predicted molar refractivity (Wildman–Crippen MR) is 135 cm³/mol. The van der Waals surface area contributed by atoms with Gasteiger partial charge < -0.3 is 9.47 Å². The van der Waals surface area contributed by atoms with Gasteiger partial charge in [0.25, 0.3) is 0 Å². The van der Waals surface area contributed by atoms with Gasteiger partial charge in [-0.3, -0.25) is 0 Å². The maximum atomic E-state index is 11.6. The molecule has 0 aliphatic heterocycles. The Morgan fingerprint density at radius 1 is 0.387 bits per heavy atom. The zero-order chi connectivity index (χ0) is 22.7. The molecule has 0 atom stereocenters. The van der Waals surface area contributed by atoms with Gasteiger partial charge in [-0.2, -0.15) is 0 Å². The summed E-state index contributed by atoms with van der Waals surface area (Å²) in [6.45, 7) is 5.55. The lowest BCUT2D eigenvalue weighted by Gasteiger charge is -2.06. The Morgan fingerprint density at radius 3 is 0.871 bits per heavy atom. The second-order valence-electron chi connectivity index (χ2n) is 9.37. The first kappa shape index (κ1) is 30.3. The molecule has 0 aliphatic carbocycles. The van der Waals surface area contributed by atoms with Crippen LogP contribution in [-0.2, 0) is 9.47 Å². The summed E-state index contributed by atoms with van der Waals surface area (Å²) in [5.41, 5.74) is 0. The highest BCUT2D eigenvalue weighted by atomic mass is 16.7. The van der Waals surface area contributed by atoms with Gasteiger partial charge in [0.15, 0.2) is 0 Å². The van der Waals surface area contributed by atoms with Gasteiger partial charge in [-0.15, -0.1) is 0 Å². The van der Waals surface area contributed by atoms with Crippen LogP contribution in [0.1, 0.15) is 162 Å². The molecule has 0 heterocycles. The van der Waals surface area contributed by atoms with Gasteiger partial charge in [-0.1, -0.05) is 149 Å². The molecule has 3 nitrogen and oxygen atoms in total. The Balaban J connectivity index is 3.13. The van der Waals surface area contributed by atoms with Gasteiger partial charge in [0.2, 0.25) is 0 Å². The number of unbranched alkanes of at least 4 members (excludes halogenated alkanes) is 21. The van der Waals surface area contributed by atoms with Crippen LogP contribution in [0.15, 0.2) is 0 Å². The van der Waals surface area contributed by atoms with Crippen molar-refractivity contribution in [1.29, 1.82) is 0 Å². The number of hydrogen-bond acceptors (Lipinski definition) is 3. The van der Waals surface area contributed by atoms with E-state index in [0.29, 0.717) is 13.2 Å². The third-order valence-corrected chi connectivity index (χ3v) is 6.19. The van der Waals surface area contributed by atoms with Crippen LogP contribution < -0.4 is 0 Å². The van der Waals surface area contributed by atoms with Crippen LogP contribution in [0.4, 0.5) is 4.79 Å². The number of carbonyl (C=O) groups is 1. The highest BCUT2D eigenvalue weighted by Crippen LogP contribution is 2.13. The maximum Gasteiger partial charge on any atom is 0.508 e. The van der Waals surface area contributed by atoms with Crippen molar-refractivity contribution in [2.24, 2.45) is 0 Å². The number of carbonyl (C=O) groups excluding carboxylic acids is 1. The van der Waals surface area contributed by atoms with E-state index in [1.807, 2.05) is 0 Å². The van der Waals surface area contributed by atoms with Gasteiger partial charge >= 0.3 is 6.16 Å². The smallest absolute Gasteiger partial charge is 0.434 e. The number of rotatable bonds is 25. The Kier molecular flexibility index (Phi) is 26.7. The number of ether oxygens (including phenoxy) is 2. The molecular formula is C28H56O3. The summed E-state index contributed by atoms with van der Waals surface area (Å²) < 4.78 is 10.3. The second-order valence-corrected chi connectivity index (χ2v) is 9.37. The van der Waals surface area contributed by atoms with Crippen molar-refractivity contribution in [3.63, 3.8) is 0 Å². The normalized spacial score (nSPS) is 11.0. The van der Waals surface area contributed by atoms with Crippen LogP contribution in [0.5, 0.6) is 0 Å². The summed E-state index contributed by atoms with van der Waals surface area (Å²) in [7, 11) is 0. The Morgan fingerprint density at radius 2 is 0.613 bits per heavy atom. The SMILES string of the molecule is CCCCCCCCCCCCCCCCOC(=O)OCCCCCCCCCCC. The molecule has 0 amide bonds. The Labute approximate surface area is 195 Å². The van der Waals surface area contributed by atoms with E-state index in [1.54, 1.807) is 0 Å². The molecule has 0 bridgehead atoms. The zero-order valence-corrected chi connectivity index (χ0v) is 21.4. The molecule has 0 fully saturated rings. The molecule has 0 aromatic rings. The summed E-state index contributed by atoms with van der Waals surface area (Å²) in [5.74, 6) is 0. The monoisotopic (exact) mass is 440 g/mol. The lowest BCUT2D eigenvalue weighted by Crippen LogP contribution is -2.09.